The fraction of sp³-hybridized carbons (Fsp3) is 0.125. The number of carbonyl (C=O) groups excluding carboxylic acids is 2. The van der Waals surface area contributed by atoms with Crippen LogP contribution in [0.25, 0.3) is 0 Å². The van der Waals surface area contributed by atoms with Crippen molar-refractivity contribution in [2.75, 3.05) is 10.6 Å². The van der Waals surface area contributed by atoms with Crippen LogP contribution in [0.3, 0.4) is 0 Å². The zero-order valence-electron chi connectivity index (χ0n) is 11.7. The molecule has 108 valence electrons. The summed E-state index contributed by atoms with van der Waals surface area (Å²) in [6.07, 6.45) is 0. The average molecular weight is 286 g/mol. The highest BCUT2D eigenvalue weighted by atomic mass is 19.1. The van der Waals surface area contributed by atoms with Crippen LogP contribution in [0.15, 0.2) is 42.5 Å². The SMILES string of the molecule is Cc1ccc(C)c(NC(=O)C(=O)Nc2cccc(F)c2)c1. The smallest absolute Gasteiger partial charge is 0.314 e. The largest absolute Gasteiger partial charge is 0.318 e. The standard InChI is InChI=1S/C16H15FN2O2/c1-10-6-7-11(2)14(8-10)19-16(21)15(20)18-13-5-3-4-12(17)9-13/h3-9H,1-2H3,(H,18,20)(H,19,21). The molecule has 0 fully saturated rings. The lowest BCUT2D eigenvalue weighted by molar-refractivity contribution is -0.133. The van der Waals surface area contributed by atoms with E-state index in [0.717, 1.165) is 17.2 Å². The molecule has 21 heavy (non-hydrogen) atoms. The first-order chi connectivity index (χ1) is 9.95. The van der Waals surface area contributed by atoms with Gasteiger partial charge in [0.1, 0.15) is 5.82 Å². The molecule has 0 spiro atoms. The summed E-state index contributed by atoms with van der Waals surface area (Å²) in [5.41, 5.74) is 2.64. The third kappa shape index (κ3) is 3.89. The number of anilines is 2. The quantitative estimate of drug-likeness (QED) is 0.834. The maximum atomic E-state index is 13.0. The van der Waals surface area contributed by atoms with Gasteiger partial charge in [-0.1, -0.05) is 18.2 Å². The molecule has 4 nitrogen and oxygen atoms in total. The molecule has 0 unspecified atom stereocenters. The Kier molecular flexibility index (Phi) is 4.33. The van der Waals surface area contributed by atoms with Gasteiger partial charge in [0.05, 0.1) is 0 Å². The second-order valence-corrected chi connectivity index (χ2v) is 4.74. The van der Waals surface area contributed by atoms with E-state index in [2.05, 4.69) is 10.6 Å². The number of amides is 2. The molecule has 0 saturated carbocycles. The van der Waals surface area contributed by atoms with Crippen LogP contribution in [0, 0.1) is 19.7 Å². The molecule has 0 aliphatic heterocycles. The molecule has 0 aliphatic rings. The minimum Gasteiger partial charge on any atom is -0.318 e. The number of benzene rings is 2. The van der Waals surface area contributed by atoms with Crippen molar-refractivity contribution in [3.63, 3.8) is 0 Å². The van der Waals surface area contributed by atoms with E-state index in [1.807, 2.05) is 26.0 Å². The highest BCUT2D eigenvalue weighted by Gasteiger charge is 2.15. The predicted molar refractivity (Wildman–Crippen MR) is 79.6 cm³/mol. The van der Waals surface area contributed by atoms with Gasteiger partial charge in [-0.2, -0.15) is 0 Å². The van der Waals surface area contributed by atoms with Gasteiger partial charge in [-0.3, -0.25) is 9.59 Å². The Labute approximate surface area is 122 Å². The van der Waals surface area contributed by atoms with Gasteiger partial charge in [0.15, 0.2) is 0 Å². The molecule has 2 N–H and O–H groups in total. The molecule has 0 saturated heterocycles. The lowest BCUT2D eigenvalue weighted by Gasteiger charge is -2.09. The van der Waals surface area contributed by atoms with E-state index in [-0.39, 0.29) is 5.69 Å². The number of hydrogen-bond acceptors (Lipinski definition) is 2. The monoisotopic (exact) mass is 286 g/mol. The number of nitrogens with one attached hydrogen (secondary N) is 2. The van der Waals surface area contributed by atoms with Crippen LogP contribution in [0.5, 0.6) is 0 Å². The fourth-order valence-corrected chi connectivity index (χ4v) is 1.80. The Morgan fingerprint density at radius 1 is 0.952 bits per heavy atom. The number of aryl methyl sites for hydroxylation is 2. The van der Waals surface area contributed by atoms with Gasteiger partial charge >= 0.3 is 11.8 Å². The maximum Gasteiger partial charge on any atom is 0.314 e. The van der Waals surface area contributed by atoms with E-state index in [1.165, 1.54) is 18.2 Å². The normalized spacial score (nSPS) is 10.0. The van der Waals surface area contributed by atoms with Crippen LogP contribution in [0.4, 0.5) is 15.8 Å². The van der Waals surface area contributed by atoms with Crippen molar-refractivity contribution in [3.05, 3.63) is 59.4 Å². The lowest BCUT2D eigenvalue weighted by Crippen LogP contribution is -2.29. The van der Waals surface area contributed by atoms with Gasteiger partial charge in [0.2, 0.25) is 0 Å². The molecule has 0 atom stereocenters. The van der Waals surface area contributed by atoms with Crippen LogP contribution < -0.4 is 10.6 Å². The molecule has 2 rings (SSSR count). The minimum absolute atomic E-state index is 0.233. The van der Waals surface area contributed by atoms with Crippen LogP contribution in [0.2, 0.25) is 0 Å². The first-order valence-corrected chi connectivity index (χ1v) is 6.41. The lowest BCUT2D eigenvalue weighted by atomic mass is 10.1. The topological polar surface area (TPSA) is 58.2 Å². The third-order valence-electron chi connectivity index (χ3n) is 2.93. The maximum absolute atomic E-state index is 13.0. The van der Waals surface area contributed by atoms with Crippen molar-refractivity contribution in [1.29, 1.82) is 0 Å². The summed E-state index contributed by atoms with van der Waals surface area (Å²) in [6.45, 7) is 3.72. The van der Waals surface area contributed by atoms with Gasteiger partial charge < -0.3 is 10.6 Å². The van der Waals surface area contributed by atoms with E-state index in [9.17, 15) is 14.0 Å². The number of hydrogen-bond donors (Lipinski definition) is 2. The summed E-state index contributed by atoms with van der Waals surface area (Å²) >= 11 is 0. The molecule has 0 aromatic heterocycles. The summed E-state index contributed by atoms with van der Waals surface area (Å²) in [5, 5.41) is 4.89. The van der Waals surface area contributed by atoms with Gasteiger partial charge in [-0.25, -0.2) is 4.39 Å². The zero-order chi connectivity index (χ0) is 15.4. The van der Waals surface area contributed by atoms with Crippen molar-refractivity contribution in [2.24, 2.45) is 0 Å². The number of rotatable bonds is 2. The van der Waals surface area contributed by atoms with Crippen LogP contribution in [-0.4, -0.2) is 11.8 Å². The Balaban J connectivity index is 2.06. The molecule has 2 aromatic carbocycles. The minimum atomic E-state index is -0.846. The Morgan fingerprint density at radius 3 is 2.38 bits per heavy atom. The first kappa shape index (κ1) is 14.7. The molecule has 0 radical (unpaired) electrons. The molecule has 0 bridgehead atoms. The summed E-state index contributed by atoms with van der Waals surface area (Å²) in [6, 6.07) is 10.9. The Hall–Kier alpha value is -2.69. The molecular weight excluding hydrogens is 271 g/mol. The highest BCUT2D eigenvalue weighted by molar-refractivity contribution is 6.43. The molecule has 5 heteroatoms. The van der Waals surface area contributed by atoms with E-state index < -0.39 is 17.6 Å². The van der Waals surface area contributed by atoms with Gasteiger partial charge in [0, 0.05) is 11.4 Å². The second kappa shape index (κ2) is 6.17. The van der Waals surface area contributed by atoms with Crippen molar-refractivity contribution in [1.82, 2.24) is 0 Å². The molecule has 2 amide bonds. The number of carbonyl (C=O) groups is 2. The zero-order valence-corrected chi connectivity index (χ0v) is 11.7. The van der Waals surface area contributed by atoms with Crippen LogP contribution >= 0.6 is 0 Å². The molecule has 0 heterocycles. The summed E-state index contributed by atoms with van der Waals surface area (Å²) in [7, 11) is 0. The predicted octanol–water partition coefficient (Wildman–Crippen LogP) is 3.02. The second-order valence-electron chi connectivity index (χ2n) is 4.74. The Bertz CT molecular complexity index is 698. The fourth-order valence-electron chi connectivity index (χ4n) is 1.80. The van der Waals surface area contributed by atoms with Crippen molar-refractivity contribution in [2.45, 2.75) is 13.8 Å². The van der Waals surface area contributed by atoms with E-state index >= 15 is 0 Å². The molecule has 2 aromatic rings. The van der Waals surface area contributed by atoms with Crippen molar-refractivity contribution < 1.29 is 14.0 Å². The average Bonchev–Trinajstić information content (AvgIpc) is 2.43. The molecular formula is C16H15FN2O2. The first-order valence-electron chi connectivity index (χ1n) is 6.41. The van der Waals surface area contributed by atoms with Crippen LogP contribution in [0.1, 0.15) is 11.1 Å². The van der Waals surface area contributed by atoms with Gasteiger partial charge in [-0.15, -0.1) is 0 Å². The summed E-state index contributed by atoms with van der Waals surface area (Å²) < 4.78 is 13.0. The Morgan fingerprint density at radius 2 is 1.67 bits per heavy atom. The number of halogens is 1. The highest BCUT2D eigenvalue weighted by Crippen LogP contribution is 2.16. The van der Waals surface area contributed by atoms with Gasteiger partial charge in [-0.05, 0) is 49.2 Å². The van der Waals surface area contributed by atoms with Crippen LogP contribution in [-0.2, 0) is 9.59 Å². The van der Waals surface area contributed by atoms with E-state index in [1.54, 1.807) is 6.07 Å². The van der Waals surface area contributed by atoms with Gasteiger partial charge in [0.25, 0.3) is 0 Å². The molecule has 0 aliphatic carbocycles. The van der Waals surface area contributed by atoms with E-state index in [0.29, 0.717) is 5.69 Å². The summed E-state index contributed by atoms with van der Waals surface area (Å²) in [4.78, 5) is 23.6. The summed E-state index contributed by atoms with van der Waals surface area (Å²) in [5.74, 6) is -2.13. The van der Waals surface area contributed by atoms with Crippen molar-refractivity contribution >= 4 is 23.2 Å². The van der Waals surface area contributed by atoms with E-state index in [4.69, 9.17) is 0 Å². The third-order valence-corrected chi connectivity index (χ3v) is 2.93. The van der Waals surface area contributed by atoms with Crippen molar-refractivity contribution in [3.8, 4) is 0 Å².